The van der Waals surface area contributed by atoms with Gasteiger partial charge in [0.25, 0.3) is 0 Å². The van der Waals surface area contributed by atoms with Gasteiger partial charge in [0.1, 0.15) is 0 Å². The molecular weight excluding hydrogens is 404 g/mol. The molecule has 0 radical (unpaired) electrons. The summed E-state index contributed by atoms with van der Waals surface area (Å²) >= 11 is 0. The van der Waals surface area contributed by atoms with Crippen molar-refractivity contribution in [1.29, 1.82) is 0 Å². The highest BCUT2D eigenvalue weighted by atomic mass is 16.5. The second kappa shape index (κ2) is 9.71. The molecule has 0 saturated carbocycles. The molecule has 0 spiro atoms. The van der Waals surface area contributed by atoms with Crippen molar-refractivity contribution in [1.82, 2.24) is 10.2 Å². The zero-order valence-electron chi connectivity index (χ0n) is 19.1. The number of hydrogen-bond donors (Lipinski definition) is 2. The van der Waals surface area contributed by atoms with Crippen molar-refractivity contribution >= 4 is 23.2 Å². The molecule has 2 aliphatic heterocycles. The van der Waals surface area contributed by atoms with Crippen LogP contribution < -0.4 is 15.5 Å². The summed E-state index contributed by atoms with van der Waals surface area (Å²) in [5.41, 5.74) is 6.48. The van der Waals surface area contributed by atoms with E-state index in [4.69, 9.17) is 4.74 Å². The predicted molar refractivity (Wildman–Crippen MR) is 126 cm³/mol. The van der Waals surface area contributed by atoms with Crippen molar-refractivity contribution in [2.24, 2.45) is 0 Å². The number of rotatable bonds is 5. The zero-order chi connectivity index (χ0) is 22.7. The van der Waals surface area contributed by atoms with Crippen LogP contribution in [0.4, 0.5) is 11.4 Å². The van der Waals surface area contributed by atoms with Crippen LogP contribution in [0.3, 0.4) is 0 Å². The Labute approximate surface area is 189 Å². The molecule has 2 aromatic rings. The molecule has 170 valence electrons. The number of ether oxygens (including phenoxy) is 1. The van der Waals surface area contributed by atoms with E-state index in [0.717, 1.165) is 42.7 Å². The van der Waals surface area contributed by atoms with Crippen LogP contribution in [0.15, 0.2) is 36.4 Å². The highest BCUT2D eigenvalue weighted by molar-refractivity contribution is 6.39. The molecule has 1 unspecified atom stereocenters. The molecule has 2 aliphatic rings. The van der Waals surface area contributed by atoms with Crippen molar-refractivity contribution in [3.8, 4) is 0 Å². The SMILES string of the molecule is Cc1cc(C)cc(NC(=O)C(=O)NCC(c2ccc3c(c2)CCN3C)N2CCOCC2)c1. The Morgan fingerprint density at radius 3 is 2.44 bits per heavy atom. The van der Waals surface area contributed by atoms with Gasteiger partial charge in [-0.3, -0.25) is 14.5 Å². The number of hydrogen-bond acceptors (Lipinski definition) is 5. The number of carbonyl (C=O) groups is 2. The van der Waals surface area contributed by atoms with Crippen molar-refractivity contribution in [2.45, 2.75) is 26.3 Å². The first-order chi connectivity index (χ1) is 15.4. The van der Waals surface area contributed by atoms with Gasteiger partial charge in [0.15, 0.2) is 0 Å². The largest absolute Gasteiger partial charge is 0.379 e. The number of nitrogens with zero attached hydrogens (tertiary/aromatic N) is 2. The van der Waals surface area contributed by atoms with E-state index in [1.165, 1.54) is 11.3 Å². The standard InChI is InChI=1S/C25H32N4O3/c1-17-12-18(2)14-21(13-17)27-25(31)24(30)26-16-23(29-8-10-32-11-9-29)19-4-5-22-20(15-19)6-7-28(22)3/h4-5,12-15,23H,6-11,16H2,1-3H3,(H,26,30)(H,27,31). The van der Waals surface area contributed by atoms with Crippen LogP contribution in [0.5, 0.6) is 0 Å². The number of benzene rings is 2. The van der Waals surface area contributed by atoms with Crippen LogP contribution in [-0.4, -0.2) is 63.2 Å². The number of likely N-dealkylation sites (N-methyl/N-ethyl adjacent to an activating group) is 1. The Morgan fingerprint density at radius 2 is 1.72 bits per heavy atom. The maximum Gasteiger partial charge on any atom is 0.313 e. The van der Waals surface area contributed by atoms with Gasteiger partial charge in [-0.1, -0.05) is 18.2 Å². The van der Waals surface area contributed by atoms with Crippen LogP contribution in [0.2, 0.25) is 0 Å². The van der Waals surface area contributed by atoms with E-state index in [2.05, 4.69) is 45.7 Å². The second-order valence-corrected chi connectivity index (χ2v) is 8.76. The molecule has 7 nitrogen and oxygen atoms in total. The molecule has 2 amide bonds. The first kappa shape index (κ1) is 22.3. The summed E-state index contributed by atoms with van der Waals surface area (Å²) in [4.78, 5) is 29.7. The van der Waals surface area contributed by atoms with Crippen molar-refractivity contribution in [3.63, 3.8) is 0 Å². The third-order valence-corrected chi connectivity index (χ3v) is 6.24. The number of aryl methyl sites for hydroxylation is 2. The molecule has 2 aromatic carbocycles. The first-order valence-corrected chi connectivity index (χ1v) is 11.2. The van der Waals surface area contributed by atoms with E-state index in [0.29, 0.717) is 25.4 Å². The lowest BCUT2D eigenvalue weighted by Gasteiger charge is -2.35. The van der Waals surface area contributed by atoms with Gasteiger partial charge in [0.05, 0.1) is 19.3 Å². The van der Waals surface area contributed by atoms with E-state index in [9.17, 15) is 9.59 Å². The summed E-state index contributed by atoms with van der Waals surface area (Å²) in [6.07, 6.45) is 1.03. The van der Waals surface area contributed by atoms with Gasteiger partial charge in [-0.15, -0.1) is 0 Å². The van der Waals surface area contributed by atoms with Crippen LogP contribution in [0.25, 0.3) is 0 Å². The van der Waals surface area contributed by atoms with Crippen molar-refractivity contribution < 1.29 is 14.3 Å². The molecule has 1 saturated heterocycles. The smallest absolute Gasteiger partial charge is 0.313 e. The summed E-state index contributed by atoms with van der Waals surface area (Å²) in [6.45, 7) is 8.26. The molecule has 1 atom stereocenters. The number of amides is 2. The highest BCUT2D eigenvalue weighted by Gasteiger charge is 2.26. The van der Waals surface area contributed by atoms with Gasteiger partial charge in [0.2, 0.25) is 0 Å². The topological polar surface area (TPSA) is 73.9 Å². The Balaban J connectivity index is 1.45. The van der Waals surface area contributed by atoms with E-state index < -0.39 is 11.8 Å². The summed E-state index contributed by atoms with van der Waals surface area (Å²) in [5, 5.41) is 5.58. The Kier molecular flexibility index (Phi) is 6.77. The molecule has 4 rings (SSSR count). The molecule has 7 heteroatoms. The number of morpholine rings is 1. The maximum atomic E-state index is 12.6. The normalized spacial score (nSPS) is 17.0. The number of anilines is 2. The van der Waals surface area contributed by atoms with Gasteiger partial charge >= 0.3 is 11.8 Å². The van der Waals surface area contributed by atoms with Gasteiger partial charge < -0.3 is 20.3 Å². The quantitative estimate of drug-likeness (QED) is 0.705. The Morgan fingerprint density at radius 1 is 1.00 bits per heavy atom. The van der Waals surface area contributed by atoms with Gasteiger partial charge in [-0.05, 0) is 60.7 Å². The summed E-state index contributed by atoms with van der Waals surface area (Å²) in [7, 11) is 2.11. The van der Waals surface area contributed by atoms with Gasteiger partial charge in [0, 0.05) is 44.6 Å². The second-order valence-electron chi connectivity index (χ2n) is 8.76. The van der Waals surface area contributed by atoms with E-state index in [1.807, 2.05) is 32.0 Å². The van der Waals surface area contributed by atoms with Crippen LogP contribution in [0, 0.1) is 13.8 Å². The van der Waals surface area contributed by atoms with Crippen LogP contribution in [-0.2, 0) is 20.7 Å². The molecule has 0 aliphatic carbocycles. The number of fused-ring (bicyclic) bond motifs is 1. The van der Waals surface area contributed by atoms with Gasteiger partial charge in [-0.2, -0.15) is 0 Å². The Bertz CT molecular complexity index is 980. The molecule has 1 fully saturated rings. The lowest BCUT2D eigenvalue weighted by Crippen LogP contribution is -2.45. The minimum Gasteiger partial charge on any atom is -0.379 e. The van der Waals surface area contributed by atoms with E-state index in [1.54, 1.807) is 0 Å². The van der Waals surface area contributed by atoms with E-state index in [-0.39, 0.29) is 6.04 Å². The highest BCUT2D eigenvalue weighted by Crippen LogP contribution is 2.31. The first-order valence-electron chi connectivity index (χ1n) is 11.2. The molecule has 0 aromatic heterocycles. The minimum absolute atomic E-state index is 0.00642. The van der Waals surface area contributed by atoms with Gasteiger partial charge in [-0.25, -0.2) is 0 Å². The minimum atomic E-state index is -0.647. The lowest BCUT2D eigenvalue weighted by atomic mass is 10.0. The fourth-order valence-corrected chi connectivity index (χ4v) is 4.65. The van der Waals surface area contributed by atoms with Crippen LogP contribution in [0.1, 0.15) is 28.3 Å². The monoisotopic (exact) mass is 436 g/mol. The Hall–Kier alpha value is -2.90. The third kappa shape index (κ3) is 5.11. The molecule has 2 heterocycles. The van der Waals surface area contributed by atoms with Crippen molar-refractivity contribution in [3.05, 3.63) is 58.7 Å². The lowest BCUT2D eigenvalue weighted by molar-refractivity contribution is -0.136. The maximum absolute atomic E-state index is 12.6. The molecule has 2 N–H and O–H groups in total. The third-order valence-electron chi connectivity index (χ3n) is 6.24. The van der Waals surface area contributed by atoms with Crippen LogP contribution >= 0.6 is 0 Å². The average molecular weight is 437 g/mol. The number of carbonyl (C=O) groups excluding carboxylic acids is 2. The fraction of sp³-hybridized carbons (Fsp3) is 0.440. The van der Waals surface area contributed by atoms with Crippen molar-refractivity contribution in [2.75, 3.05) is 56.7 Å². The average Bonchev–Trinajstić information content (AvgIpc) is 3.14. The molecular formula is C25H32N4O3. The summed E-state index contributed by atoms with van der Waals surface area (Å²) in [6, 6.07) is 12.3. The number of nitrogens with one attached hydrogen (secondary N) is 2. The molecule has 0 bridgehead atoms. The zero-order valence-corrected chi connectivity index (χ0v) is 19.1. The molecule has 32 heavy (non-hydrogen) atoms. The fourth-order valence-electron chi connectivity index (χ4n) is 4.65. The summed E-state index contributed by atoms with van der Waals surface area (Å²) < 4.78 is 5.52. The summed E-state index contributed by atoms with van der Waals surface area (Å²) in [5.74, 6) is -1.27. The predicted octanol–water partition coefficient (Wildman–Crippen LogP) is 2.42. The van der Waals surface area contributed by atoms with E-state index >= 15 is 0 Å².